The first-order valence-corrected chi connectivity index (χ1v) is 5.60. The van der Waals surface area contributed by atoms with Crippen LogP contribution in [0.4, 0.5) is 0 Å². The van der Waals surface area contributed by atoms with E-state index < -0.39 is 0 Å². The van der Waals surface area contributed by atoms with E-state index in [4.69, 9.17) is 0 Å². The van der Waals surface area contributed by atoms with E-state index in [2.05, 4.69) is 22.8 Å². The molecule has 1 aliphatic heterocycles. The third kappa shape index (κ3) is 6.90. The SMILES string of the molecule is CC(=O)NCCN1CCCC1.CS. The van der Waals surface area contributed by atoms with Crippen LogP contribution in [0.15, 0.2) is 0 Å². The second-order valence-electron chi connectivity index (χ2n) is 3.03. The van der Waals surface area contributed by atoms with Gasteiger partial charge in [0, 0.05) is 20.0 Å². The number of carbonyl (C=O) groups is 1. The number of hydrogen-bond acceptors (Lipinski definition) is 3. The van der Waals surface area contributed by atoms with Crippen LogP contribution in [0.3, 0.4) is 0 Å². The van der Waals surface area contributed by atoms with E-state index in [1.165, 1.54) is 25.9 Å². The molecule has 0 unspecified atom stereocenters. The lowest BCUT2D eigenvalue weighted by molar-refractivity contribution is -0.119. The molecule has 1 fully saturated rings. The predicted molar refractivity (Wildman–Crippen MR) is 59.3 cm³/mol. The van der Waals surface area contributed by atoms with Crippen LogP contribution in [-0.2, 0) is 4.79 Å². The lowest BCUT2D eigenvalue weighted by Gasteiger charge is -2.13. The van der Waals surface area contributed by atoms with Crippen LogP contribution in [0.25, 0.3) is 0 Å². The molecule has 0 bridgehead atoms. The van der Waals surface area contributed by atoms with Gasteiger partial charge in [-0.3, -0.25) is 4.79 Å². The second-order valence-corrected chi connectivity index (χ2v) is 3.03. The molecule has 1 saturated heterocycles. The van der Waals surface area contributed by atoms with Gasteiger partial charge in [-0.15, -0.1) is 0 Å². The zero-order chi connectivity index (χ0) is 10.1. The van der Waals surface area contributed by atoms with Gasteiger partial charge in [0.15, 0.2) is 0 Å². The fourth-order valence-corrected chi connectivity index (χ4v) is 1.40. The number of carbonyl (C=O) groups excluding carboxylic acids is 1. The maximum atomic E-state index is 10.5. The maximum Gasteiger partial charge on any atom is 0.216 e. The average molecular weight is 204 g/mol. The number of thiol groups is 1. The standard InChI is InChI=1S/C8H16N2O.CH4S/c1-8(11)9-4-7-10-5-2-3-6-10;1-2/h2-7H2,1H3,(H,9,11);2H,1H3. The maximum absolute atomic E-state index is 10.5. The monoisotopic (exact) mass is 204 g/mol. The highest BCUT2D eigenvalue weighted by atomic mass is 32.1. The van der Waals surface area contributed by atoms with Crippen LogP contribution in [-0.4, -0.2) is 43.2 Å². The van der Waals surface area contributed by atoms with Crippen molar-refractivity contribution in [2.45, 2.75) is 19.8 Å². The summed E-state index contributed by atoms with van der Waals surface area (Å²) in [5.41, 5.74) is 0. The molecule has 0 aromatic heterocycles. The van der Waals surface area contributed by atoms with Crippen LogP contribution < -0.4 is 5.32 Å². The fourth-order valence-electron chi connectivity index (χ4n) is 1.40. The molecule has 1 rings (SSSR count). The van der Waals surface area contributed by atoms with Gasteiger partial charge in [0.25, 0.3) is 0 Å². The molecule has 78 valence electrons. The van der Waals surface area contributed by atoms with Gasteiger partial charge >= 0.3 is 0 Å². The summed E-state index contributed by atoms with van der Waals surface area (Å²) >= 11 is 3.53. The molecule has 1 heterocycles. The lowest BCUT2D eigenvalue weighted by atomic mass is 10.4. The number of rotatable bonds is 3. The Morgan fingerprint density at radius 3 is 2.38 bits per heavy atom. The summed E-state index contributed by atoms with van der Waals surface area (Å²) in [7, 11) is 0. The van der Waals surface area contributed by atoms with E-state index in [-0.39, 0.29) is 5.91 Å². The van der Waals surface area contributed by atoms with Gasteiger partial charge in [0.1, 0.15) is 0 Å². The molecular weight excluding hydrogens is 184 g/mol. The molecule has 0 aromatic rings. The Morgan fingerprint density at radius 1 is 1.38 bits per heavy atom. The van der Waals surface area contributed by atoms with Crippen molar-refractivity contribution in [1.82, 2.24) is 10.2 Å². The van der Waals surface area contributed by atoms with Crippen molar-refractivity contribution in [1.29, 1.82) is 0 Å². The summed E-state index contributed by atoms with van der Waals surface area (Å²) in [5.74, 6) is 0.0733. The minimum Gasteiger partial charge on any atom is -0.355 e. The highest BCUT2D eigenvalue weighted by Gasteiger charge is 2.09. The Morgan fingerprint density at radius 2 is 1.92 bits per heavy atom. The van der Waals surface area contributed by atoms with Crippen molar-refractivity contribution in [3.8, 4) is 0 Å². The van der Waals surface area contributed by atoms with E-state index in [0.29, 0.717) is 0 Å². The number of amides is 1. The van der Waals surface area contributed by atoms with Gasteiger partial charge < -0.3 is 10.2 Å². The van der Waals surface area contributed by atoms with E-state index in [0.717, 1.165) is 13.1 Å². The van der Waals surface area contributed by atoms with Crippen LogP contribution >= 0.6 is 12.6 Å². The van der Waals surface area contributed by atoms with Gasteiger partial charge in [0.2, 0.25) is 5.91 Å². The quantitative estimate of drug-likeness (QED) is 0.665. The average Bonchev–Trinajstić information content (AvgIpc) is 2.60. The molecular formula is C9H20N2OS. The lowest BCUT2D eigenvalue weighted by Crippen LogP contribution is -2.32. The summed E-state index contributed by atoms with van der Waals surface area (Å²) in [5, 5.41) is 2.79. The Bertz CT molecular complexity index is 136. The third-order valence-electron chi connectivity index (χ3n) is 2.00. The molecule has 0 atom stereocenters. The van der Waals surface area contributed by atoms with Crippen molar-refractivity contribution < 1.29 is 4.79 Å². The molecule has 4 heteroatoms. The first kappa shape index (κ1) is 12.8. The normalized spacial score (nSPS) is 16.2. The summed E-state index contributed by atoms with van der Waals surface area (Å²) < 4.78 is 0. The van der Waals surface area contributed by atoms with Gasteiger partial charge in [0.05, 0.1) is 0 Å². The molecule has 0 saturated carbocycles. The van der Waals surface area contributed by atoms with Gasteiger partial charge in [-0.2, -0.15) is 12.6 Å². The minimum absolute atomic E-state index is 0.0733. The number of likely N-dealkylation sites (tertiary alicyclic amines) is 1. The highest BCUT2D eigenvalue weighted by Crippen LogP contribution is 2.05. The first-order valence-electron chi connectivity index (χ1n) is 4.70. The zero-order valence-electron chi connectivity index (χ0n) is 8.55. The topological polar surface area (TPSA) is 32.3 Å². The van der Waals surface area contributed by atoms with Crippen LogP contribution in [0.5, 0.6) is 0 Å². The Hall–Kier alpha value is -0.220. The van der Waals surface area contributed by atoms with E-state index in [1.807, 2.05) is 0 Å². The van der Waals surface area contributed by atoms with E-state index >= 15 is 0 Å². The number of nitrogens with zero attached hydrogens (tertiary/aromatic N) is 1. The molecule has 13 heavy (non-hydrogen) atoms. The fraction of sp³-hybridized carbons (Fsp3) is 0.889. The predicted octanol–water partition coefficient (Wildman–Crippen LogP) is 0.764. The minimum atomic E-state index is 0.0733. The van der Waals surface area contributed by atoms with E-state index in [1.54, 1.807) is 13.2 Å². The van der Waals surface area contributed by atoms with Gasteiger partial charge in [-0.05, 0) is 32.2 Å². The van der Waals surface area contributed by atoms with Crippen molar-refractivity contribution in [2.75, 3.05) is 32.4 Å². The van der Waals surface area contributed by atoms with E-state index in [9.17, 15) is 4.79 Å². The van der Waals surface area contributed by atoms with Crippen LogP contribution in [0.2, 0.25) is 0 Å². The summed E-state index contributed by atoms with van der Waals surface area (Å²) in [6.45, 7) is 5.79. The Labute approximate surface area is 86.3 Å². The second kappa shape index (κ2) is 8.38. The van der Waals surface area contributed by atoms with Crippen LogP contribution in [0.1, 0.15) is 19.8 Å². The Kier molecular flexibility index (Phi) is 8.24. The highest BCUT2D eigenvalue weighted by molar-refractivity contribution is 7.79. The zero-order valence-corrected chi connectivity index (χ0v) is 9.44. The smallest absolute Gasteiger partial charge is 0.216 e. The molecule has 3 nitrogen and oxygen atoms in total. The number of nitrogens with one attached hydrogen (secondary N) is 1. The summed E-state index contributed by atoms with van der Waals surface area (Å²) in [4.78, 5) is 12.9. The molecule has 0 aromatic carbocycles. The third-order valence-corrected chi connectivity index (χ3v) is 2.00. The van der Waals surface area contributed by atoms with Gasteiger partial charge in [-0.1, -0.05) is 0 Å². The molecule has 0 radical (unpaired) electrons. The summed E-state index contributed by atoms with van der Waals surface area (Å²) in [6, 6.07) is 0. The molecule has 0 spiro atoms. The van der Waals surface area contributed by atoms with Crippen molar-refractivity contribution in [3.63, 3.8) is 0 Å². The van der Waals surface area contributed by atoms with Gasteiger partial charge in [-0.25, -0.2) is 0 Å². The van der Waals surface area contributed by atoms with Crippen molar-refractivity contribution >= 4 is 18.5 Å². The molecule has 1 aliphatic rings. The van der Waals surface area contributed by atoms with Crippen molar-refractivity contribution in [3.05, 3.63) is 0 Å². The molecule has 0 aliphatic carbocycles. The number of hydrogen-bond donors (Lipinski definition) is 2. The Balaban J connectivity index is 0.000000671. The largest absolute Gasteiger partial charge is 0.355 e. The summed E-state index contributed by atoms with van der Waals surface area (Å²) in [6.07, 6.45) is 4.33. The first-order chi connectivity index (χ1) is 6.29. The van der Waals surface area contributed by atoms with Crippen LogP contribution in [0, 0.1) is 0 Å². The van der Waals surface area contributed by atoms with Crippen molar-refractivity contribution in [2.24, 2.45) is 0 Å². The molecule has 1 amide bonds. The molecule has 1 N–H and O–H groups in total.